The van der Waals surface area contributed by atoms with Crippen molar-refractivity contribution < 1.29 is 4.42 Å². The second-order valence-corrected chi connectivity index (χ2v) is 6.75. The number of nitrogens with zero attached hydrogens (tertiary/aromatic N) is 4. The first-order chi connectivity index (χ1) is 11.1. The Labute approximate surface area is 146 Å². The number of hydrogen-bond donors (Lipinski definition) is 0. The zero-order valence-corrected chi connectivity index (χ0v) is 14.3. The lowest BCUT2D eigenvalue weighted by Gasteiger charge is -2.11. The third-order valence-corrected chi connectivity index (χ3v) is 4.91. The van der Waals surface area contributed by atoms with Gasteiger partial charge in [0.05, 0.1) is 5.02 Å². The molecular weight excluding hydrogens is 355 g/mol. The van der Waals surface area contributed by atoms with E-state index < -0.39 is 0 Å². The van der Waals surface area contributed by atoms with Crippen molar-refractivity contribution in [3.8, 4) is 11.3 Å². The molecule has 0 atom stereocenters. The van der Waals surface area contributed by atoms with Crippen LogP contribution in [0.15, 0.2) is 45.0 Å². The molecule has 2 aromatic heterocycles. The van der Waals surface area contributed by atoms with Crippen molar-refractivity contribution in [2.45, 2.75) is 12.1 Å². The van der Waals surface area contributed by atoms with Crippen LogP contribution >= 0.6 is 35.0 Å². The summed E-state index contributed by atoms with van der Waals surface area (Å²) in [5.74, 6) is 2.78. The van der Waals surface area contributed by atoms with Crippen LogP contribution in [-0.4, -0.2) is 26.3 Å². The van der Waals surface area contributed by atoms with Gasteiger partial charge < -0.3 is 4.42 Å². The average molecular weight is 365 g/mol. The number of benzene rings is 1. The molecule has 0 unspecified atom stereocenters. The third-order valence-electron chi connectivity index (χ3n) is 3.41. The molecule has 4 rings (SSSR count). The third kappa shape index (κ3) is 2.67. The summed E-state index contributed by atoms with van der Waals surface area (Å²) in [4.78, 5) is 0. The van der Waals surface area contributed by atoms with Crippen LogP contribution in [0.3, 0.4) is 0 Å². The van der Waals surface area contributed by atoms with Gasteiger partial charge in [-0.2, -0.15) is 9.78 Å². The number of rotatable bonds is 2. The molecule has 3 aromatic rings. The van der Waals surface area contributed by atoms with Gasteiger partial charge in [0.15, 0.2) is 11.6 Å². The first-order valence-corrected chi connectivity index (χ1v) is 8.54. The fraction of sp³-hybridized carbons (Fsp3) is 0.133. The van der Waals surface area contributed by atoms with Gasteiger partial charge in [0, 0.05) is 16.3 Å². The van der Waals surface area contributed by atoms with Crippen LogP contribution in [0.2, 0.25) is 10.0 Å². The Morgan fingerprint density at radius 3 is 2.83 bits per heavy atom. The largest absolute Gasteiger partial charge is 0.455 e. The van der Waals surface area contributed by atoms with Crippen LogP contribution in [0, 0.1) is 6.92 Å². The fourth-order valence-electron chi connectivity index (χ4n) is 2.27. The lowest BCUT2D eigenvalue weighted by Crippen LogP contribution is -2.13. The molecule has 3 heterocycles. The molecule has 0 saturated heterocycles. The number of thioether (sulfide) groups is 1. The maximum absolute atomic E-state index is 6.23. The first-order valence-electron chi connectivity index (χ1n) is 6.80. The summed E-state index contributed by atoms with van der Waals surface area (Å²) >= 11 is 13.8. The van der Waals surface area contributed by atoms with Crippen LogP contribution in [0.4, 0.5) is 0 Å². The second kappa shape index (κ2) is 5.70. The van der Waals surface area contributed by atoms with Crippen molar-refractivity contribution in [3.05, 3.63) is 52.0 Å². The molecule has 0 amide bonds. The normalized spacial score (nSPS) is 13.8. The molecule has 1 aliphatic heterocycles. The minimum Gasteiger partial charge on any atom is -0.455 e. The standard InChI is InChI=1S/C15H10Cl2N4OS/c1-8-18-19-15-21(8)20-12(7-23-15)14-5-4-13(22-14)10-6-9(16)2-3-11(10)17/h2-6H,7H2,1H3. The Morgan fingerprint density at radius 2 is 1.96 bits per heavy atom. The maximum atomic E-state index is 6.23. The molecule has 0 spiro atoms. The fourth-order valence-corrected chi connectivity index (χ4v) is 3.51. The van der Waals surface area contributed by atoms with Crippen LogP contribution in [-0.2, 0) is 0 Å². The van der Waals surface area contributed by atoms with E-state index in [9.17, 15) is 0 Å². The SMILES string of the molecule is Cc1nnc2n1N=C(c1ccc(-c3cc(Cl)ccc3Cl)o1)CS2. The number of fused-ring (bicyclic) bond motifs is 1. The topological polar surface area (TPSA) is 56.2 Å². The van der Waals surface area contributed by atoms with Gasteiger partial charge in [-0.25, -0.2) is 0 Å². The van der Waals surface area contributed by atoms with Gasteiger partial charge in [-0.15, -0.1) is 10.2 Å². The van der Waals surface area contributed by atoms with E-state index in [1.165, 1.54) is 0 Å². The summed E-state index contributed by atoms with van der Waals surface area (Å²) in [6.07, 6.45) is 0. The highest BCUT2D eigenvalue weighted by molar-refractivity contribution is 7.99. The van der Waals surface area contributed by atoms with Gasteiger partial charge >= 0.3 is 0 Å². The van der Waals surface area contributed by atoms with Crippen molar-refractivity contribution in [2.24, 2.45) is 5.10 Å². The number of halogens is 2. The van der Waals surface area contributed by atoms with E-state index in [0.29, 0.717) is 27.3 Å². The van der Waals surface area contributed by atoms with Gasteiger partial charge in [0.1, 0.15) is 11.5 Å². The summed E-state index contributed by atoms with van der Waals surface area (Å²) < 4.78 is 7.66. The molecule has 1 aliphatic rings. The van der Waals surface area contributed by atoms with Gasteiger partial charge in [-0.05, 0) is 37.3 Å². The molecule has 0 radical (unpaired) electrons. The Bertz CT molecular complexity index is 931. The van der Waals surface area contributed by atoms with E-state index in [2.05, 4.69) is 15.3 Å². The van der Waals surface area contributed by atoms with Gasteiger partial charge in [-0.1, -0.05) is 35.0 Å². The van der Waals surface area contributed by atoms with E-state index in [4.69, 9.17) is 27.6 Å². The van der Waals surface area contributed by atoms with E-state index in [0.717, 1.165) is 22.3 Å². The van der Waals surface area contributed by atoms with Gasteiger partial charge in [-0.3, -0.25) is 0 Å². The van der Waals surface area contributed by atoms with E-state index in [1.54, 1.807) is 34.6 Å². The highest BCUT2D eigenvalue weighted by Crippen LogP contribution is 2.33. The quantitative estimate of drug-likeness (QED) is 0.670. The summed E-state index contributed by atoms with van der Waals surface area (Å²) in [6.45, 7) is 1.86. The Kier molecular flexibility index (Phi) is 3.67. The summed E-state index contributed by atoms with van der Waals surface area (Å²) in [6, 6.07) is 9.04. The van der Waals surface area contributed by atoms with E-state index >= 15 is 0 Å². The molecule has 0 bridgehead atoms. The molecule has 0 fully saturated rings. The number of aryl methyl sites for hydroxylation is 1. The molecule has 0 saturated carbocycles. The molecule has 116 valence electrons. The molecule has 0 aliphatic carbocycles. The van der Waals surface area contributed by atoms with Crippen molar-refractivity contribution in [1.82, 2.24) is 14.9 Å². The maximum Gasteiger partial charge on any atom is 0.212 e. The van der Waals surface area contributed by atoms with Gasteiger partial charge in [0.2, 0.25) is 5.16 Å². The van der Waals surface area contributed by atoms with Crippen molar-refractivity contribution in [3.63, 3.8) is 0 Å². The van der Waals surface area contributed by atoms with E-state index in [-0.39, 0.29) is 0 Å². The molecule has 1 aromatic carbocycles. The van der Waals surface area contributed by atoms with Crippen LogP contribution in [0.1, 0.15) is 11.6 Å². The zero-order valence-electron chi connectivity index (χ0n) is 12.0. The second-order valence-electron chi connectivity index (χ2n) is 4.97. The lowest BCUT2D eigenvalue weighted by molar-refractivity contribution is 0.569. The molecular formula is C15H10Cl2N4OS. The molecule has 5 nitrogen and oxygen atoms in total. The van der Waals surface area contributed by atoms with Crippen molar-refractivity contribution in [2.75, 3.05) is 5.75 Å². The smallest absolute Gasteiger partial charge is 0.212 e. The minimum atomic E-state index is 0.590. The number of furan rings is 1. The van der Waals surface area contributed by atoms with Crippen molar-refractivity contribution >= 4 is 40.7 Å². The summed E-state index contributed by atoms with van der Waals surface area (Å²) in [5, 5.41) is 14.6. The number of hydrogen-bond acceptors (Lipinski definition) is 5. The molecule has 23 heavy (non-hydrogen) atoms. The number of aromatic nitrogens is 3. The zero-order chi connectivity index (χ0) is 16.0. The van der Waals surface area contributed by atoms with Crippen LogP contribution in [0.5, 0.6) is 0 Å². The van der Waals surface area contributed by atoms with E-state index in [1.807, 2.05) is 19.1 Å². The van der Waals surface area contributed by atoms with Crippen LogP contribution in [0.25, 0.3) is 11.3 Å². The monoisotopic (exact) mass is 364 g/mol. The minimum absolute atomic E-state index is 0.590. The van der Waals surface area contributed by atoms with Gasteiger partial charge in [0.25, 0.3) is 0 Å². The highest BCUT2D eigenvalue weighted by atomic mass is 35.5. The van der Waals surface area contributed by atoms with Crippen molar-refractivity contribution in [1.29, 1.82) is 0 Å². The summed E-state index contributed by atoms with van der Waals surface area (Å²) in [5.41, 5.74) is 1.59. The Morgan fingerprint density at radius 1 is 1.13 bits per heavy atom. The average Bonchev–Trinajstić information content (AvgIpc) is 3.17. The Hall–Kier alpha value is -1.76. The highest BCUT2D eigenvalue weighted by Gasteiger charge is 2.20. The predicted molar refractivity (Wildman–Crippen MR) is 91.6 cm³/mol. The Balaban J connectivity index is 1.73. The first kappa shape index (κ1) is 14.8. The summed E-state index contributed by atoms with van der Waals surface area (Å²) in [7, 11) is 0. The molecule has 0 N–H and O–H groups in total. The van der Waals surface area contributed by atoms with Crippen LogP contribution < -0.4 is 0 Å². The molecule has 8 heteroatoms. The predicted octanol–water partition coefficient (Wildman–Crippen LogP) is 4.51. The lowest BCUT2D eigenvalue weighted by atomic mass is 10.2.